The summed E-state index contributed by atoms with van der Waals surface area (Å²) in [5.41, 5.74) is 0.346. The Hall–Kier alpha value is -1.59. The molecule has 1 saturated heterocycles. The fourth-order valence-electron chi connectivity index (χ4n) is 2.42. The van der Waals surface area contributed by atoms with E-state index in [1.807, 2.05) is 29.2 Å². The van der Waals surface area contributed by atoms with Crippen LogP contribution in [0.4, 0.5) is 0 Å². The molecule has 0 aromatic heterocycles. The molecule has 1 aromatic carbocycles. The molecule has 1 atom stereocenters. The van der Waals surface area contributed by atoms with Crippen molar-refractivity contribution in [1.82, 2.24) is 10.2 Å². The van der Waals surface area contributed by atoms with Crippen molar-refractivity contribution in [2.75, 3.05) is 26.7 Å². The molecule has 1 amide bonds. The Balaban J connectivity index is 1.77. The highest BCUT2D eigenvalue weighted by atomic mass is 16.5. The molecule has 0 bridgehead atoms. The first-order valence-electron chi connectivity index (χ1n) is 6.83. The molecule has 5 nitrogen and oxygen atoms in total. The van der Waals surface area contributed by atoms with Crippen LogP contribution >= 0.6 is 0 Å². The molecule has 0 saturated carbocycles. The van der Waals surface area contributed by atoms with Crippen LogP contribution in [0.1, 0.15) is 18.9 Å². The molecule has 1 heterocycles. The van der Waals surface area contributed by atoms with Crippen molar-refractivity contribution in [2.24, 2.45) is 0 Å². The molecular weight excluding hydrogens is 256 g/mol. The number of nitrogens with zero attached hydrogens (tertiary/aromatic N) is 1. The van der Waals surface area contributed by atoms with Gasteiger partial charge in [0.05, 0.1) is 19.3 Å². The Morgan fingerprint density at radius 1 is 1.55 bits per heavy atom. The van der Waals surface area contributed by atoms with Crippen LogP contribution in [0.25, 0.3) is 0 Å². The van der Waals surface area contributed by atoms with E-state index in [2.05, 4.69) is 5.32 Å². The number of β-amino-alcohol motifs (C(OH)–C–C–N with tert-alkyl or cyclic N) is 1. The lowest BCUT2D eigenvalue weighted by atomic mass is 10.1. The molecule has 1 aliphatic rings. The summed E-state index contributed by atoms with van der Waals surface area (Å²) >= 11 is 0. The highest BCUT2D eigenvalue weighted by molar-refractivity contribution is 5.78. The molecule has 1 aliphatic heterocycles. The van der Waals surface area contributed by atoms with Gasteiger partial charge in [0.2, 0.25) is 5.91 Å². The number of nitrogens with one attached hydrogen (secondary N) is 1. The van der Waals surface area contributed by atoms with Crippen LogP contribution in [0, 0.1) is 0 Å². The molecule has 110 valence electrons. The van der Waals surface area contributed by atoms with E-state index in [0.29, 0.717) is 19.6 Å². The molecule has 20 heavy (non-hydrogen) atoms. The number of ether oxygens (including phenoxy) is 1. The smallest absolute Gasteiger partial charge is 0.234 e. The number of carbonyl (C=O) groups excluding carboxylic acids is 1. The number of hydrogen-bond donors (Lipinski definition) is 2. The molecule has 2 N–H and O–H groups in total. The maximum atomic E-state index is 11.9. The Morgan fingerprint density at radius 2 is 2.35 bits per heavy atom. The van der Waals surface area contributed by atoms with E-state index in [1.54, 1.807) is 14.0 Å². The van der Waals surface area contributed by atoms with E-state index in [9.17, 15) is 9.90 Å². The molecule has 5 heteroatoms. The number of likely N-dealkylation sites (tertiary alicyclic amines) is 1. The number of amides is 1. The zero-order chi connectivity index (χ0) is 14.6. The minimum Gasteiger partial charge on any atom is -0.497 e. The van der Waals surface area contributed by atoms with Crippen LogP contribution in [0.3, 0.4) is 0 Å². The normalized spacial score (nSPS) is 22.8. The lowest BCUT2D eigenvalue weighted by molar-refractivity contribution is -0.122. The van der Waals surface area contributed by atoms with E-state index in [0.717, 1.165) is 24.3 Å². The van der Waals surface area contributed by atoms with Crippen molar-refractivity contribution in [2.45, 2.75) is 25.5 Å². The zero-order valence-corrected chi connectivity index (χ0v) is 12.1. The van der Waals surface area contributed by atoms with E-state index in [-0.39, 0.29) is 5.91 Å². The second-order valence-corrected chi connectivity index (χ2v) is 5.59. The van der Waals surface area contributed by atoms with Gasteiger partial charge in [-0.05, 0) is 31.0 Å². The third-order valence-electron chi connectivity index (χ3n) is 3.52. The van der Waals surface area contributed by atoms with E-state index < -0.39 is 5.60 Å². The highest BCUT2D eigenvalue weighted by Gasteiger charge is 2.31. The van der Waals surface area contributed by atoms with Crippen molar-refractivity contribution >= 4 is 5.91 Å². The van der Waals surface area contributed by atoms with Gasteiger partial charge in [-0.25, -0.2) is 0 Å². The molecule has 1 unspecified atom stereocenters. The van der Waals surface area contributed by atoms with Crippen LogP contribution in [-0.2, 0) is 11.3 Å². The Bertz CT molecular complexity index is 474. The molecule has 0 radical (unpaired) electrons. The predicted octanol–water partition coefficient (Wildman–Crippen LogP) is 0.768. The first kappa shape index (κ1) is 14.8. The predicted molar refractivity (Wildman–Crippen MR) is 76.5 cm³/mol. The fourth-order valence-corrected chi connectivity index (χ4v) is 2.42. The third-order valence-corrected chi connectivity index (χ3v) is 3.52. The van der Waals surface area contributed by atoms with Crippen molar-refractivity contribution in [1.29, 1.82) is 0 Å². The second kappa shape index (κ2) is 6.24. The Morgan fingerprint density at radius 3 is 3.00 bits per heavy atom. The van der Waals surface area contributed by atoms with Crippen molar-refractivity contribution < 1.29 is 14.6 Å². The summed E-state index contributed by atoms with van der Waals surface area (Å²) in [5.74, 6) is 0.762. The van der Waals surface area contributed by atoms with Gasteiger partial charge in [0.15, 0.2) is 0 Å². The SMILES string of the molecule is COc1cccc(CNC(=O)CN2CCC(C)(O)C2)c1. The Kier molecular flexibility index (Phi) is 4.62. The lowest BCUT2D eigenvalue weighted by Crippen LogP contribution is -2.37. The molecule has 0 spiro atoms. The molecule has 1 aromatic rings. The topological polar surface area (TPSA) is 61.8 Å². The summed E-state index contributed by atoms with van der Waals surface area (Å²) in [6.45, 7) is 3.95. The summed E-state index contributed by atoms with van der Waals surface area (Å²) in [4.78, 5) is 13.8. The standard InChI is InChI=1S/C15H22N2O3/c1-15(19)6-7-17(11-15)10-14(18)16-9-12-4-3-5-13(8-12)20-2/h3-5,8,19H,6-7,9-11H2,1-2H3,(H,16,18). The second-order valence-electron chi connectivity index (χ2n) is 5.59. The lowest BCUT2D eigenvalue weighted by Gasteiger charge is -2.18. The number of rotatable bonds is 5. The number of carbonyl (C=O) groups is 1. The first-order valence-corrected chi connectivity index (χ1v) is 6.83. The number of benzene rings is 1. The Labute approximate surface area is 119 Å². The van der Waals surface area contributed by atoms with Crippen molar-refractivity contribution in [3.8, 4) is 5.75 Å². The van der Waals surface area contributed by atoms with Gasteiger partial charge in [-0.15, -0.1) is 0 Å². The van der Waals surface area contributed by atoms with Gasteiger partial charge < -0.3 is 15.2 Å². The quantitative estimate of drug-likeness (QED) is 0.835. The van der Waals surface area contributed by atoms with Gasteiger partial charge in [-0.1, -0.05) is 12.1 Å². The van der Waals surface area contributed by atoms with Gasteiger partial charge >= 0.3 is 0 Å². The zero-order valence-electron chi connectivity index (χ0n) is 12.1. The van der Waals surface area contributed by atoms with Gasteiger partial charge in [0, 0.05) is 19.6 Å². The van der Waals surface area contributed by atoms with Crippen LogP contribution in [0.5, 0.6) is 5.75 Å². The third kappa shape index (κ3) is 4.21. The largest absolute Gasteiger partial charge is 0.497 e. The molecular formula is C15H22N2O3. The highest BCUT2D eigenvalue weighted by Crippen LogP contribution is 2.19. The number of aliphatic hydroxyl groups is 1. The number of methoxy groups -OCH3 is 1. The van der Waals surface area contributed by atoms with Crippen LogP contribution in [0.2, 0.25) is 0 Å². The van der Waals surface area contributed by atoms with E-state index >= 15 is 0 Å². The molecule has 1 fully saturated rings. The number of hydrogen-bond acceptors (Lipinski definition) is 4. The van der Waals surface area contributed by atoms with Gasteiger partial charge in [0.1, 0.15) is 5.75 Å². The summed E-state index contributed by atoms with van der Waals surface area (Å²) in [6, 6.07) is 7.62. The van der Waals surface area contributed by atoms with Crippen LogP contribution in [0.15, 0.2) is 24.3 Å². The average molecular weight is 278 g/mol. The van der Waals surface area contributed by atoms with Gasteiger partial charge in [-0.3, -0.25) is 9.69 Å². The summed E-state index contributed by atoms with van der Waals surface area (Å²) in [5, 5.41) is 12.7. The average Bonchev–Trinajstić information content (AvgIpc) is 2.76. The maximum Gasteiger partial charge on any atom is 0.234 e. The minimum atomic E-state index is -0.660. The van der Waals surface area contributed by atoms with Crippen molar-refractivity contribution in [3.63, 3.8) is 0 Å². The van der Waals surface area contributed by atoms with E-state index in [1.165, 1.54) is 0 Å². The van der Waals surface area contributed by atoms with E-state index in [4.69, 9.17) is 4.74 Å². The maximum absolute atomic E-state index is 11.9. The first-order chi connectivity index (χ1) is 9.48. The molecule has 2 rings (SSSR count). The van der Waals surface area contributed by atoms with Gasteiger partial charge in [0.25, 0.3) is 0 Å². The van der Waals surface area contributed by atoms with Crippen molar-refractivity contribution in [3.05, 3.63) is 29.8 Å². The summed E-state index contributed by atoms with van der Waals surface area (Å²) < 4.78 is 5.14. The minimum absolute atomic E-state index is 0.0227. The van der Waals surface area contributed by atoms with Gasteiger partial charge in [-0.2, -0.15) is 0 Å². The molecule has 0 aliphatic carbocycles. The fraction of sp³-hybridized carbons (Fsp3) is 0.533. The summed E-state index contributed by atoms with van der Waals surface area (Å²) in [7, 11) is 1.62. The monoisotopic (exact) mass is 278 g/mol. The summed E-state index contributed by atoms with van der Waals surface area (Å²) in [6.07, 6.45) is 0.718. The van der Waals surface area contributed by atoms with Crippen LogP contribution < -0.4 is 10.1 Å². The van der Waals surface area contributed by atoms with Crippen LogP contribution in [-0.4, -0.2) is 48.3 Å².